The molecule has 0 aromatic heterocycles. The third-order valence-electron chi connectivity index (χ3n) is 2.99. The number of benzene rings is 2. The first-order chi connectivity index (χ1) is 9.15. The van der Waals surface area contributed by atoms with Gasteiger partial charge in [0, 0.05) is 25.3 Å². The van der Waals surface area contributed by atoms with Crippen LogP contribution in [0, 0.1) is 11.3 Å². The summed E-state index contributed by atoms with van der Waals surface area (Å²) < 4.78 is 0. The van der Waals surface area contributed by atoms with Crippen molar-refractivity contribution >= 4 is 12.0 Å². The van der Waals surface area contributed by atoms with E-state index < -0.39 is 0 Å². The molecule has 0 radical (unpaired) electrons. The van der Waals surface area contributed by atoms with E-state index in [9.17, 15) is 4.79 Å². The summed E-state index contributed by atoms with van der Waals surface area (Å²) in [6.45, 7) is 0. The molecule has 0 spiro atoms. The van der Waals surface area contributed by atoms with Crippen LogP contribution in [0.2, 0.25) is 0 Å². The van der Waals surface area contributed by atoms with Gasteiger partial charge in [0.2, 0.25) is 0 Å². The lowest BCUT2D eigenvalue weighted by molar-refractivity contribution is 0.112. The molecule has 0 aliphatic heterocycles. The molecule has 0 saturated carbocycles. The number of carbonyl (C=O) groups excluding carboxylic acids is 1. The van der Waals surface area contributed by atoms with Crippen molar-refractivity contribution in [2.24, 2.45) is 0 Å². The summed E-state index contributed by atoms with van der Waals surface area (Å²) >= 11 is 0. The molecule has 0 amide bonds. The lowest BCUT2D eigenvalue weighted by Crippen LogP contribution is -2.07. The van der Waals surface area contributed by atoms with Crippen LogP contribution in [0.3, 0.4) is 0 Å². The lowest BCUT2D eigenvalue weighted by Gasteiger charge is -2.13. The second kappa shape index (κ2) is 5.36. The molecule has 0 aliphatic carbocycles. The van der Waals surface area contributed by atoms with Crippen molar-refractivity contribution in [2.45, 2.75) is 0 Å². The molecular weight excluding hydrogens is 236 g/mol. The van der Waals surface area contributed by atoms with E-state index in [1.54, 1.807) is 12.1 Å². The zero-order valence-electron chi connectivity index (χ0n) is 10.9. The highest BCUT2D eigenvalue weighted by atomic mass is 16.1. The first-order valence-corrected chi connectivity index (χ1v) is 5.93. The maximum absolute atomic E-state index is 10.7. The topological polar surface area (TPSA) is 44.1 Å². The maximum atomic E-state index is 10.7. The van der Waals surface area contributed by atoms with Crippen molar-refractivity contribution in [3.63, 3.8) is 0 Å². The minimum atomic E-state index is 0.516. The highest BCUT2D eigenvalue weighted by Crippen LogP contribution is 2.26. The van der Waals surface area contributed by atoms with Gasteiger partial charge in [-0.2, -0.15) is 5.26 Å². The quantitative estimate of drug-likeness (QED) is 0.786. The third kappa shape index (κ3) is 2.63. The fourth-order valence-corrected chi connectivity index (χ4v) is 1.92. The van der Waals surface area contributed by atoms with Gasteiger partial charge >= 0.3 is 0 Å². The van der Waals surface area contributed by atoms with Gasteiger partial charge in [-0.3, -0.25) is 4.79 Å². The van der Waals surface area contributed by atoms with Gasteiger partial charge in [-0.1, -0.05) is 24.3 Å². The smallest absolute Gasteiger partial charge is 0.150 e. The van der Waals surface area contributed by atoms with E-state index in [0.29, 0.717) is 11.1 Å². The Morgan fingerprint density at radius 1 is 1.11 bits per heavy atom. The molecule has 19 heavy (non-hydrogen) atoms. The molecule has 0 fully saturated rings. The number of aldehydes is 1. The summed E-state index contributed by atoms with van der Waals surface area (Å²) in [6.07, 6.45) is 0.750. The third-order valence-corrected chi connectivity index (χ3v) is 2.99. The van der Waals surface area contributed by atoms with E-state index in [2.05, 4.69) is 6.07 Å². The largest absolute Gasteiger partial charge is 0.378 e. The molecule has 0 N–H and O–H groups in total. The van der Waals surface area contributed by atoms with Crippen LogP contribution in [0.1, 0.15) is 15.9 Å². The maximum Gasteiger partial charge on any atom is 0.150 e. The van der Waals surface area contributed by atoms with Gasteiger partial charge in [-0.25, -0.2) is 0 Å². The fourth-order valence-electron chi connectivity index (χ4n) is 1.92. The molecule has 2 aromatic rings. The zero-order valence-corrected chi connectivity index (χ0v) is 10.9. The number of hydrogen-bond donors (Lipinski definition) is 0. The Labute approximate surface area is 112 Å². The van der Waals surface area contributed by atoms with Gasteiger partial charge in [0.25, 0.3) is 0 Å². The van der Waals surface area contributed by atoms with Crippen molar-refractivity contribution in [2.75, 3.05) is 19.0 Å². The van der Waals surface area contributed by atoms with Crippen LogP contribution < -0.4 is 4.90 Å². The molecule has 94 valence electrons. The molecule has 3 heteroatoms. The van der Waals surface area contributed by atoms with Crippen molar-refractivity contribution in [1.82, 2.24) is 0 Å². The summed E-state index contributed by atoms with van der Waals surface area (Å²) in [6, 6.07) is 15.3. The van der Waals surface area contributed by atoms with Crippen LogP contribution in [0.4, 0.5) is 5.69 Å². The summed E-state index contributed by atoms with van der Waals surface area (Å²) in [5, 5.41) is 9.17. The molecule has 3 nitrogen and oxygen atoms in total. The SMILES string of the molecule is CN(C)c1ccc(-c2ccc(C=O)cc2C#N)cc1. The van der Waals surface area contributed by atoms with Crippen LogP contribution in [-0.4, -0.2) is 20.4 Å². The van der Waals surface area contributed by atoms with E-state index in [0.717, 1.165) is 23.1 Å². The first-order valence-electron chi connectivity index (χ1n) is 5.93. The van der Waals surface area contributed by atoms with Gasteiger partial charge in [-0.05, 0) is 29.3 Å². The number of anilines is 1. The van der Waals surface area contributed by atoms with Gasteiger partial charge in [0.1, 0.15) is 6.29 Å². The molecule has 2 aromatic carbocycles. The van der Waals surface area contributed by atoms with Crippen LogP contribution in [0.15, 0.2) is 42.5 Å². The normalized spacial score (nSPS) is 9.74. The molecule has 0 atom stereocenters. The second-order valence-corrected chi connectivity index (χ2v) is 4.48. The molecule has 0 saturated heterocycles. The van der Waals surface area contributed by atoms with Crippen molar-refractivity contribution in [3.8, 4) is 17.2 Å². The average molecular weight is 250 g/mol. The Bertz CT molecular complexity index is 637. The van der Waals surface area contributed by atoms with Crippen molar-refractivity contribution < 1.29 is 4.79 Å². The monoisotopic (exact) mass is 250 g/mol. The Hall–Kier alpha value is -2.60. The van der Waals surface area contributed by atoms with E-state index in [-0.39, 0.29) is 0 Å². The summed E-state index contributed by atoms with van der Waals surface area (Å²) in [5.41, 5.74) is 3.96. The molecule has 0 heterocycles. The summed E-state index contributed by atoms with van der Waals surface area (Å²) in [7, 11) is 3.96. The summed E-state index contributed by atoms with van der Waals surface area (Å²) in [5.74, 6) is 0. The van der Waals surface area contributed by atoms with Gasteiger partial charge in [0.15, 0.2) is 0 Å². The fraction of sp³-hybridized carbons (Fsp3) is 0.125. The standard InChI is InChI=1S/C16H14N2O/c1-18(2)15-6-4-13(5-7-15)16-8-3-12(11-19)9-14(16)10-17/h3-9,11H,1-2H3. The first kappa shape index (κ1) is 12.8. The highest BCUT2D eigenvalue weighted by molar-refractivity contribution is 5.80. The van der Waals surface area contributed by atoms with Gasteiger partial charge in [-0.15, -0.1) is 0 Å². The van der Waals surface area contributed by atoms with E-state index in [1.807, 2.05) is 49.3 Å². The van der Waals surface area contributed by atoms with Crippen LogP contribution >= 0.6 is 0 Å². The van der Waals surface area contributed by atoms with Gasteiger partial charge < -0.3 is 4.90 Å². The Morgan fingerprint density at radius 3 is 2.32 bits per heavy atom. The number of carbonyl (C=O) groups is 1. The molecular formula is C16H14N2O. The van der Waals surface area contributed by atoms with E-state index in [4.69, 9.17) is 5.26 Å². The Balaban J connectivity index is 2.47. The number of hydrogen-bond acceptors (Lipinski definition) is 3. The van der Waals surface area contributed by atoms with E-state index >= 15 is 0 Å². The summed E-state index contributed by atoms with van der Waals surface area (Å²) in [4.78, 5) is 12.7. The predicted octanol–water partition coefficient (Wildman–Crippen LogP) is 3.10. The van der Waals surface area contributed by atoms with Crippen LogP contribution in [0.5, 0.6) is 0 Å². The number of nitrogens with zero attached hydrogens (tertiary/aromatic N) is 2. The minimum Gasteiger partial charge on any atom is -0.378 e. The van der Waals surface area contributed by atoms with Crippen molar-refractivity contribution in [1.29, 1.82) is 5.26 Å². The average Bonchev–Trinajstić information content (AvgIpc) is 2.46. The Kier molecular flexibility index (Phi) is 3.63. The molecule has 0 bridgehead atoms. The highest BCUT2D eigenvalue weighted by Gasteiger charge is 2.06. The number of rotatable bonds is 3. The predicted molar refractivity (Wildman–Crippen MR) is 76.3 cm³/mol. The molecule has 0 aliphatic rings. The Morgan fingerprint density at radius 2 is 1.79 bits per heavy atom. The van der Waals surface area contributed by atoms with Crippen LogP contribution in [-0.2, 0) is 0 Å². The zero-order chi connectivity index (χ0) is 13.8. The van der Waals surface area contributed by atoms with Crippen molar-refractivity contribution in [3.05, 3.63) is 53.6 Å². The van der Waals surface area contributed by atoms with Crippen LogP contribution in [0.25, 0.3) is 11.1 Å². The molecule has 2 rings (SSSR count). The van der Waals surface area contributed by atoms with E-state index in [1.165, 1.54) is 0 Å². The number of nitriles is 1. The lowest BCUT2D eigenvalue weighted by atomic mass is 9.98. The van der Waals surface area contributed by atoms with Gasteiger partial charge in [0.05, 0.1) is 11.6 Å². The molecule has 0 unspecified atom stereocenters. The minimum absolute atomic E-state index is 0.516. The second-order valence-electron chi connectivity index (χ2n) is 4.48.